The number of carbonyl (C=O) groups is 1. The molecular formula is C21H20ClN3O. The van der Waals surface area contributed by atoms with Crippen LogP contribution in [0.3, 0.4) is 0 Å². The fourth-order valence-electron chi connectivity index (χ4n) is 3.40. The molecule has 0 spiro atoms. The van der Waals surface area contributed by atoms with Crippen molar-refractivity contribution in [3.63, 3.8) is 0 Å². The van der Waals surface area contributed by atoms with Gasteiger partial charge in [0, 0.05) is 43.1 Å². The van der Waals surface area contributed by atoms with Gasteiger partial charge < -0.3 is 14.8 Å². The Morgan fingerprint density at radius 1 is 0.923 bits per heavy atom. The van der Waals surface area contributed by atoms with Gasteiger partial charge in [0.15, 0.2) is 0 Å². The van der Waals surface area contributed by atoms with Crippen molar-refractivity contribution in [3.8, 4) is 11.3 Å². The van der Waals surface area contributed by atoms with Crippen LogP contribution in [0.15, 0.2) is 66.9 Å². The topological polar surface area (TPSA) is 39.3 Å². The molecule has 0 unspecified atom stereocenters. The van der Waals surface area contributed by atoms with E-state index in [0.717, 1.165) is 40.6 Å². The molecule has 5 heteroatoms. The Hall–Kier alpha value is -2.72. The van der Waals surface area contributed by atoms with E-state index in [-0.39, 0.29) is 5.91 Å². The van der Waals surface area contributed by atoms with Crippen LogP contribution in [-0.4, -0.2) is 42.0 Å². The molecule has 4 nitrogen and oxygen atoms in total. The van der Waals surface area contributed by atoms with E-state index >= 15 is 0 Å². The van der Waals surface area contributed by atoms with Gasteiger partial charge in [0.25, 0.3) is 5.91 Å². The van der Waals surface area contributed by atoms with Gasteiger partial charge in [-0.1, -0.05) is 48.0 Å². The quantitative estimate of drug-likeness (QED) is 0.751. The van der Waals surface area contributed by atoms with E-state index in [1.54, 1.807) is 0 Å². The average Bonchev–Trinajstić information content (AvgIpc) is 3.18. The number of carbonyl (C=O) groups excluding carboxylic acids is 1. The first kappa shape index (κ1) is 16.7. The van der Waals surface area contributed by atoms with E-state index < -0.39 is 0 Å². The maximum absolute atomic E-state index is 13.0. The zero-order chi connectivity index (χ0) is 17.9. The van der Waals surface area contributed by atoms with E-state index in [2.05, 4.69) is 16.0 Å². The lowest BCUT2D eigenvalue weighted by atomic mass is 10.1. The van der Waals surface area contributed by atoms with Gasteiger partial charge in [-0.15, -0.1) is 0 Å². The van der Waals surface area contributed by atoms with Crippen LogP contribution < -0.4 is 4.90 Å². The smallest absolute Gasteiger partial charge is 0.256 e. The highest BCUT2D eigenvalue weighted by Gasteiger charge is 2.24. The summed E-state index contributed by atoms with van der Waals surface area (Å²) in [5, 5.41) is 0.737. The molecular weight excluding hydrogens is 346 g/mol. The van der Waals surface area contributed by atoms with Crippen LogP contribution >= 0.6 is 11.6 Å². The van der Waals surface area contributed by atoms with Gasteiger partial charge in [-0.05, 0) is 29.8 Å². The van der Waals surface area contributed by atoms with Crippen LogP contribution in [0.25, 0.3) is 11.3 Å². The van der Waals surface area contributed by atoms with E-state index in [4.69, 9.17) is 11.6 Å². The molecule has 0 atom stereocenters. The van der Waals surface area contributed by atoms with Crippen LogP contribution in [-0.2, 0) is 0 Å². The maximum Gasteiger partial charge on any atom is 0.256 e. The predicted molar refractivity (Wildman–Crippen MR) is 106 cm³/mol. The molecule has 0 radical (unpaired) electrons. The lowest BCUT2D eigenvalue weighted by molar-refractivity contribution is 0.0748. The first-order valence-electron chi connectivity index (χ1n) is 8.75. The number of hydrogen-bond donors (Lipinski definition) is 1. The molecule has 1 aliphatic rings. The Morgan fingerprint density at radius 2 is 1.69 bits per heavy atom. The van der Waals surface area contributed by atoms with Crippen molar-refractivity contribution >= 4 is 23.2 Å². The van der Waals surface area contributed by atoms with Gasteiger partial charge in [0.1, 0.15) is 0 Å². The molecule has 3 aromatic rings. The monoisotopic (exact) mass is 365 g/mol. The third kappa shape index (κ3) is 3.33. The summed E-state index contributed by atoms with van der Waals surface area (Å²) in [4.78, 5) is 20.4. The van der Waals surface area contributed by atoms with Crippen molar-refractivity contribution in [1.29, 1.82) is 0 Å². The lowest BCUT2D eigenvalue weighted by Gasteiger charge is -2.36. The van der Waals surface area contributed by atoms with Crippen LogP contribution in [0.4, 0.5) is 5.69 Å². The van der Waals surface area contributed by atoms with E-state index in [9.17, 15) is 4.79 Å². The van der Waals surface area contributed by atoms with Crippen LogP contribution in [0.5, 0.6) is 0 Å². The fourth-order valence-corrected chi connectivity index (χ4v) is 3.59. The zero-order valence-corrected chi connectivity index (χ0v) is 15.1. The van der Waals surface area contributed by atoms with Crippen molar-refractivity contribution in [1.82, 2.24) is 9.88 Å². The summed E-state index contributed by atoms with van der Waals surface area (Å²) >= 11 is 6.09. The highest BCUT2D eigenvalue weighted by atomic mass is 35.5. The minimum atomic E-state index is 0.0795. The molecule has 1 aromatic heterocycles. The summed E-state index contributed by atoms with van der Waals surface area (Å²) in [5.74, 6) is 0.0795. The second-order valence-corrected chi connectivity index (χ2v) is 6.83. The normalized spacial score (nSPS) is 14.5. The van der Waals surface area contributed by atoms with Crippen molar-refractivity contribution in [2.45, 2.75) is 0 Å². The standard InChI is InChI=1S/C21H20ClN3O/c22-17-7-4-8-18(15-17)24-11-13-25(14-12-24)21(26)19-9-10-23-20(19)16-5-2-1-3-6-16/h1-10,15,23H,11-14H2. The molecule has 1 N–H and O–H groups in total. The lowest BCUT2D eigenvalue weighted by Crippen LogP contribution is -2.48. The largest absolute Gasteiger partial charge is 0.368 e. The minimum absolute atomic E-state index is 0.0795. The second-order valence-electron chi connectivity index (χ2n) is 6.39. The van der Waals surface area contributed by atoms with Gasteiger partial charge in [-0.2, -0.15) is 0 Å². The third-order valence-corrected chi connectivity index (χ3v) is 5.02. The summed E-state index contributed by atoms with van der Waals surface area (Å²) in [7, 11) is 0. The maximum atomic E-state index is 13.0. The summed E-state index contributed by atoms with van der Waals surface area (Å²) in [6, 6.07) is 19.7. The number of benzene rings is 2. The Morgan fingerprint density at radius 3 is 2.42 bits per heavy atom. The fraction of sp³-hybridized carbons (Fsp3) is 0.190. The van der Waals surface area contributed by atoms with Gasteiger partial charge in [0.2, 0.25) is 0 Å². The number of halogens is 1. The summed E-state index contributed by atoms with van der Waals surface area (Å²) in [6.07, 6.45) is 1.83. The molecule has 0 saturated carbocycles. The van der Waals surface area contributed by atoms with E-state index in [1.165, 1.54) is 0 Å². The minimum Gasteiger partial charge on any atom is -0.368 e. The summed E-state index contributed by atoms with van der Waals surface area (Å²) in [6.45, 7) is 3.00. The second kappa shape index (κ2) is 7.26. The Kier molecular flexibility index (Phi) is 4.67. The number of hydrogen-bond acceptors (Lipinski definition) is 2. The molecule has 26 heavy (non-hydrogen) atoms. The van der Waals surface area contributed by atoms with Gasteiger partial charge >= 0.3 is 0 Å². The summed E-state index contributed by atoms with van der Waals surface area (Å²) < 4.78 is 0. The number of amides is 1. The Labute approximate surface area is 158 Å². The molecule has 1 saturated heterocycles. The third-order valence-electron chi connectivity index (χ3n) is 4.78. The van der Waals surface area contributed by atoms with Crippen LogP contribution in [0.2, 0.25) is 5.02 Å². The highest BCUT2D eigenvalue weighted by Crippen LogP contribution is 2.25. The number of aromatic nitrogens is 1. The van der Waals surface area contributed by atoms with Crippen molar-refractivity contribution in [3.05, 3.63) is 77.4 Å². The Balaban J connectivity index is 1.47. The number of anilines is 1. The molecule has 2 heterocycles. The van der Waals surface area contributed by atoms with Crippen LogP contribution in [0, 0.1) is 0 Å². The highest BCUT2D eigenvalue weighted by molar-refractivity contribution is 6.30. The zero-order valence-electron chi connectivity index (χ0n) is 14.4. The van der Waals surface area contributed by atoms with Gasteiger partial charge in [-0.3, -0.25) is 4.79 Å². The Bertz CT molecular complexity index is 898. The van der Waals surface area contributed by atoms with Gasteiger partial charge in [-0.25, -0.2) is 0 Å². The molecule has 2 aromatic carbocycles. The van der Waals surface area contributed by atoms with E-state index in [1.807, 2.05) is 65.7 Å². The number of aromatic amines is 1. The average molecular weight is 366 g/mol. The molecule has 0 aliphatic carbocycles. The predicted octanol–water partition coefficient (Wildman–Crippen LogP) is 4.30. The van der Waals surface area contributed by atoms with Crippen molar-refractivity contribution in [2.24, 2.45) is 0 Å². The molecule has 1 aliphatic heterocycles. The number of rotatable bonds is 3. The number of piperazine rings is 1. The van der Waals surface area contributed by atoms with Crippen LogP contribution in [0.1, 0.15) is 10.4 Å². The number of nitrogens with zero attached hydrogens (tertiary/aromatic N) is 2. The van der Waals surface area contributed by atoms with Crippen molar-refractivity contribution in [2.75, 3.05) is 31.1 Å². The molecule has 0 bridgehead atoms. The first-order valence-corrected chi connectivity index (χ1v) is 9.13. The molecule has 132 valence electrons. The van der Waals surface area contributed by atoms with Gasteiger partial charge in [0.05, 0.1) is 11.3 Å². The number of H-pyrrole nitrogens is 1. The summed E-state index contributed by atoms with van der Waals surface area (Å²) in [5.41, 5.74) is 3.75. The molecule has 1 fully saturated rings. The SMILES string of the molecule is O=C(c1cc[nH]c1-c1ccccc1)N1CCN(c2cccc(Cl)c2)CC1. The molecule has 1 amide bonds. The van der Waals surface area contributed by atoms with Crippen molar-refractivity contribution < 1.29 is 4.79 Å². The van der Waals surface area contributed by atoms with E-state index in [0.29, 0.717) is 13.1 Å². The first-order chi connectivity index (χ1) is 12.7. The number of nitrogens with one attached hydrogen (secondary N) is 1. The molecule has 4 rings (SSSR count).